The average Bonchev–Trinajstić information content (AvgIpc) is 2.51. The van der Waals surface area contributed by atoms with E-state index in [2.05, 4.69) is 6.07 Å². The molecule has 0 fully saturated rings. The van der Waals surface area contributed by atoms with Crippen LogP contribution in [0.4, 0.5) is 0 Å². The predicted molar refractivity (Wildman–Crippen MR) is 103 cm³/mol. The lowest BCUT2D eigenvalue weighted by Gasteiger charge is -2.29. The van der Waals surface area contributed by atoms with E-state index in [0.717, 1.165) is 11.1 Å². The van der Waals surface area contributed by atoms with Crippen LogP contribution in [0.1, 0.15) is 58.2 Å². The first-order valence-corrected chi connectivity index (χ1v) is 9.64. The van der Waals surface area contributed by atoms with Crippen molar-refractivity contribution in [2.24, 2.45) is 0 Å². The van der Waals surface area contributed by atoms with Crippen LogP contribution in [0.15, 0.2) is 12.1 Å². The van der Waals surface area contributed by atoms with Crippen molar-refractivity contribution in [3.63, 3.8) is 0 Å². The van der Waals surface area contributed by atoms with Crippen molar-refractivity contribution < 1.29 is 18.7 Å². The van der Waals surface area contributed by atoms with Gasteiger partial charge in [0.05, 0.1) is 0 Å². The first-order chi connectivity index (χ1) is 11.4. The molecular weight excluding hydrogens is 337 g/mol. The number of hydrogen-bond donors (Lipinski definition) is 1. The molecule has 0 amide bonds. The first kappa shape index (κ1) is 21.7. The van der Waals surface area contributed by atoms with E-state index in [4.69, 9.17) is 13.6 Å². The molecule has 1 rings (SSSR count). The Morgan fingerprint density at radius 1 is 0.920 bits per heavy atom. The third kappa shape index (κ3) is 4.27. The summed E-state index contributed by atoms with van der Waals surface area (Å²) in [6.45, 7) is 12.1. The molecule has 0 bridgehead atoms. The molecule has 140 valence electrons. The van der Waals surface area contributed by atoms with Gasteiger partial charge in [0.15, 0.2) is 0 Å². The van der Waals surface area contributed by atoms with Crippen molar-refractivity contribution in [3.05, 3.63) is 28.8 Å². The zero-order valence-electron chi connectivity index (χ0n) is 16.7. The van der Waals surface area contributed by atoms with E-state index in [9.17, 15) is 10.4 Å². The van der Waals surface area contributed by atoms with E-state index in [-0.39, 0.29) is 16.6 Å². The summed E-state index contributed by atoms with van der Waals surface area (Å²) >= 11 is 0. The molecule has 0 spiro atoms. The second-order valence-corrected chi connectivity index (χ2v) is 10.5. The van der Waals surface area contributed by atoms with Gasteiger partial charge in [0.1, 0.15) is 17.1 Å². The smallest absolute Gasteiger partial charge is 0.275 e. The fraction of sp³-hybridized carbons (Fsp3) is 0.579. The summed E-state index contributed by atoms with van der Waals surface area (Å²) in [4.78, 5) is 0. The van der Waals surface area contributed by atoms with Crippen LogP contribution in [-0.2, 0) is 24.4 Å². The van der Waals surface area contributed by atoms with Crippen LogP contribution in [0, 0.1) is 11.3 Å². The molecule has 0 aliphatic carbocycles. The molecule has 0 radical (unpaired) electrons. The van der Waals surface area contributed by atoms with Crippen LogP contribution < -0.4 is 0 Å². The minimum atomic E-state index is -2.96. The van der Waals surface area contributed by atoms with Crippen molar-refractivity contribution in [2.75, 3.05) is 21.3 Å². The second-order valence-electron chi connectivity index (χ2n) is 7.93. The highest BCUT2D eigenvalue weighted by Crippen LogP contribution is 2.52. The molecule has 0 aliphatic rings. The third-order valence-corrected chi connectivity index (χ3v) is 6.45. The van der Waals surface area contributed by atoms with E-state index < -0.39 is 7.57 Å². The minimum Gasteiger partial charge on any atom is -0.507 e. The van der Waals surface area contributed by atoms with Crippen molar-refractivity contribution in [1.82, 2.24) is 0 Å². The summed E-state index contributed by atoms with van der Waals surface area (Å²) in [5.41, 5.74) is 1.59. The molecule has 25 heavy (non-hydrogen) atoms. The average molecular weight is 367 g/mol. The highest BCUT2D eigenvalue weighted by molar-refractivity contribution is 7.63. The fourth-order valence-electron chi connectivity index (χ4n) is 2.70. The number of aromatic hydroxyl groups is 1. The molecule has 0 aromatic heterocycles. The number of hydrogen-bond acceptors (Lipinski definition) is 5. The van der Waals surface area contributed by atoms with Crippen LogP contribution in [-0.4, -0.2) is 31.7 Å². The SMILES string of the molecule is COP(OC)(OC)=C(C#N)c1cc(C(C)(C)C)c(O)c(C(C)(C)C)c1. The van der Waals surface area contributed by atoms with Crippen molar-refractivity contribution in [3.8, 4) is 11.8 Å². The normalized spacial score (nSPS) is 12.8. The monoisotopic (exact) mass is 367 g/mol. The number of rotatable bonds is 4. The number of benzene rings is 1. The molecule has 0 saturated heterocycles. The van der Waals surface area contributed by atoms with Crippen molar-refractivity contribution >= 4 is 12.9 Å². The molecule has 0 atom stereocenters. The molecule has 0 aliphatic heterocycles. The summed E-state index contributed by atoms with van der Waals surface area (Å²) in [6, 6.07) is 5.85. The zero-order chi connectivity index (χ0) is 19.6. The summed E-state index contributed by atoms with van der Waals surface area (Å²) < 4.78 is 16.4. The lowest BCUT2D eigenvalue weighted by atomic mass is 9.78. The van der Waals surface area contributed by atoms with Gasteiger partial charge in [-0.2, -0.15) is 5.26 Å². The van der Waals surface area contributed by atoms with E-state index in [1.54, 1.807) is 0 Å². The Balaban J connectivity index is 4.01. The summed E-state index contributed by atoms with van der Waals surface area (Å²) in [5.74, 6) is 0.261. The number of nitrogens with zero attached hydrogens (tertiary/aromatic N) is 1. The number of phenols is 1. The van der Waals surface area contributed by atoms with Crippen LogP contribution >= 0.6 is 7.57 Å². The van der Waals surface area contributed by atoms with Gasteiger partial charge in [-0.1, -0.05) is 41.5 Å². The van der Waals surface area contributed by atoms with Crippen LogP contribution in [0.3, 0.4) is 0 Å². The molecule has 6 heteroatoms. The van der Waals surface area contributed by atoms with Crippen LogP contribution in [0.25, 0.3) is 0 Å². The van der Waals surface area contributed by atoms with Gasteiger partial charge in [0.25, 0.3) is 7.57 Å². The van der Waals surface area contributed by atoms with Gasteiger partial charge in [0, 0.05) is 38.0 Å². The van der Waals surface area contributed by atoms with E-state index in [1.165, 1.54) is 21.3 Å². The molecule has 1 N–H and O–H groups in total. The fourth-order valence-corrected chi connectivity index (χ4v) is 4.26. The maximum atomic E-state index is 10.8. The van der Waals surface area contributed by atoms with Gasteiger partial charge in [-0.25, -0.2) is 0 Å². The molecule has 0 unspecified atom stereocenters. The maximum absolute atomic E-state index is 10.8. The Bertz CT molecular complexity index is 679. The summed E-state index contributed by atoms with van der Waals surface area (Å²) in [6.07, 6.45) is 0. The molecule has 0 heterocycles. The molecule has 1 aromatic rings. The highest BCUT2D eigenvalue weighted by atomic mass is 31.2. The lowest BCUT2D eigenvalue weighted by Crippen LogP contribution is -2.19. The van der Waals surface area contributed by atoms with Gasteiger partial charge in [-0.3, -0.25) is 0 Å². The maximum Gasteiger partial charge on any atom is 0.275 e. The van der Waals surface area contributed by atoms with E-state index in [1.807, 2.05) is 53.7 Å². The second kappa shape index (κ2) is 7.51. The quantitative estimate of drug-likeness (QED) is 0.779. The van der Waals surface area contributed by atoms with Gasteiger partial charge in [-0.15, -0.1) is 0 Å². The lowest BCUT2D eigenvalue weighted by molar-refractivity contribution is 0.233. The Kier molecular flexibility index (Phi) is 6.53. The van der Waals surface area contributed by atoms with Gasteiger partial charge in [-0.05, 0) is 23.0 Å². The Hall–Kier alpha value is -1.31. The Labute approximate surface area is 151 Å². The molecule has 0 saturated carbocycles. The molecule has 5 nitrogen and oxygen atoms in total. The zero-order valence-corrected chi connectivity index (χ0v) is 17.6. The van der Waals surface area contributed by atoms with Gasteiger partial charge < -0.3 is 18.7 Å². The predicted octanol–water partition coefficient (Wildman–Crippen LogP) is 4.73. The van der Waals surface area contributed by atoms with Gasteiger partial charge >= 0.3 is 0 Å². The van der Waals surface area contributed by atoms with Crippen molar-refractivity contribution in [2.45, 2.75) is 52.4 Å². The van der Waals surface area contributed by atoms with E-state index >= 15 is 0 Å². The Morgan fingerprint density at radius 3 is 1.52 bits per heavy atom. The topological polar surface area (TPSA) is 71.7 Å². The van der Waals surface area contributed by atoms with Crippen molar-refractivity contribution in [1.29, 1.82) is 5.26 Å². The van der Waals surface area contributed by atoms with Crippen LogP contribution in [0.5, 0.6) is 5.75 Å². The van der Waals surface area contributed by atoms with E-state index in [0.29, 0.717) is 10.9 Å². The summed E-state index contributed by atoms with van der Waals surface area (Å²) in [7, 11) is 1.44. The number of phenolic OH excluding ortho intramolecular Hbond substituents is 1. The Morgan fingerprint density at radius 2 is 1.28 bits per heavy atom. The third-order valence-electron chi connectivity index (χ3n) is 4.10. The highest BCUT2D eigenvalue weighted by Gasteiger charge is 2.31. The van der Waals surface area contributed by atoms with Crippen LogP contribution in [0.2, 0.25) is 0 Å². The standard InChI is InChI=1S/C19H30NO4P/c1-18(2,3)14-10-13(11-15(17(14)21)19(4,5)6)16(12-20)25(22-7,23-8)24-9/h10-11,21H,1-9H3. The first-order valence-electron chi connectivity index (χ1n) is 8.10. The largest absolute Gasteiger partial charge is 0.507 e. The number of nitriles is 1. The summed E-state index contributed by atoms with van der Waals surface area (Å²) in [5, 5.41) is 20.9. The molecular formula is C19H30NO4P. The van der Waals surface area contributed by atoms with Gasteiger partial charge in [0.2, 0.25) is 0 Å². The molecule has 1 aromatic carbocycles. The minimum absolute atomic E-state index is 0.261.